The van der Waals surface area contributed by atoms with E-state index in [0.717, 1.165) is 0 Å². The lowest BCUT2D eigenvalue weighted by atomic mass is 10.2. The van der Waals surface area contributed by atoms with E-state index in [1.807, 2.05) is 0 Å². The minimum absolute atomic E-state index is 0.172. The molecule has 0 unspecified atom stereocenters. The molecule has 0 fully saturated rings. The van der Waals surface area contributed by atoms with Gasteiger partial charge in [0, 0.05) is 22.2 Å². The van der Waals surface area contributed by atoms with Crippen molar-refractivity contribution in [1.82, 2.24) is 10.7 Å². The molecule has 0 radical (unpaired) electrons. The molecule has 0 spiro atoms. The lowest BCUT2D eigenvalue weighted by Gasteiger charge is -2.13. The molecule has 0 aliphatic heterocycles. The number of hydrogen-bond donors (Lipinski definition) is 2. The van der Waals surface area contributed by atoms with Crippen LogP contribution in [-0.2, 0) is 16.2 Å². The molecule has 2 aromatic carbocycles. The standard InChI is InChI=1S/C19H19Cl2N3O4/c1-3-22-18(25)19(26)24-23-10-12-7-8-16(17(9-12)27-2)28-11-13-14(20)5-4-6-15(13)21/h4-10H,3,11H2,1-2H3,(H,22,25)(H,24,26)/b23-10-. The summed E-state index contributed by atoms with van der Waals surface area (Å²) >= 11 is 12.3. The van der Waals surface area contributed by atoms with E-state index in [9.17, 15) is 9.59 Å². The zero-order valence-electron chi connectivity index (χ0n) is 15.3. The van der Waals surface area contributed by atoms with Crippen molar-refractivity contribution in [1.29, 1.82) is 0 Å². The molecule has 0 atom stereocenters. The molecule has 2 rings (SSSR count). The summed E-state index contributed by atoms with van der Waals surface area (Å²) in [6.07, 6.45) is 1.38. The van der Waals surface area contributed by atoms with Crippen molar-refractivity contribution >= 4 is 41.2 Å². The number of carbonyl (C=O) groups excluding carboxylic acids is 2. The monoisotopic (exact) mass is 423 g/mol. The Hall–Kier alpha value is -2.77. The first-order chi connectivity index (χ1) is 13.5. The summed E-state index contributed by atoms with van der Waals surface area (Å²) in [6, 6.07) is 10.3. The molecule has 9 heteroatoms. The molecule has 0 aliphatic rings. The van der Waals surface area contributed by atoms with Crippen molar-refractivity contribution < 1.29 is 19.1 Å². The Balaban J connectivity index is 2.04. The summed E-state index contributed by atoms with van der Waals surface area (Å²) in [5.41, 5.74) is 3.45. The maximum Gasteiger partial charge on any atom is 0.329 e. The zero-order chi connectivity index (χ0) is 20.5. The fourth-order valence-corrected chi connectivity index (χ4v) is 2.67. The lowest BCUT2D eigenvalue weighted by Crippen LogP contribution is -2.37. The van der Waals surface area contributed by atoms with E-state index in [1.165, 1.54) is 13.3 Å². The van der Waals surface area contributed by atoms with E-state index in [1.54, 1.807) is 43.3 Å². The van der Waals surface area contributed by atoms with Gasteiger partial charge in [-0.3, -0.25) is 9.59 Å². The van der Waals surface area contributed by atoms with Gasteiger partial charge in [-0.15, -0.1) is 0 Å². The van der Waals surface area contributed by atoms with Crippen molar-refractivity contribution in [3.63, 3.8) is 0 Å². The number of methoxy groups -OCH3 is 1. The van der Waals surface area contributed by atoms with E-state index in [0.29, 0.717) is 39.2 Å². The Bertz CT molecular complexity index is 867. The molecule has 2 N–H and O–H groups in total. The van der Waals surface area contributed by atoms with Gasteiger partial charge in [0.25, 0.3) is 0 Å². The average molecular weight is 424 g/mol. The molecular weight excluding hydrogens is 405 g/mol. The third kappa shape index (κ3) is 5.87. The zero-order valence-corrected chi connectivity index (χ0v) is 16.8. The molecule has 28 heavy (non-hydrogen) atoms. The average Bonchev–Trinajstić information content (AvgIpc) is 2.68. The molecule has 0 aromatic heterocycles. The fourth-order valence-electron chi connectivity index (χ4n) is 2.16. The summed E-state index contributed by atoms with van der Waals surface area (Å²) in [5.74, 6) is -0.648. The van der Waals surface area contributed by atoms with Gasteiger partial charge in [-0.2, -0.15) is 5.10 Å². The van der Waals surface area contributed by atoms with E-state index in [4.69, 9.17) is 32.7 Å². The molecular formula is C19H19Cl2N3O4. The number of benzene rings is 2. The van der Waals surface area contributed by atoms with Crippen molar-refractivity contribution in [2.24, 2.45) is 5.10 Å². The van der Waals surface area contributed by atoms with Crippen LogP contribution in [0.5, 0.6) is 11.5 Å². The molecule has 0 saturated carbocycles. The van der Waals surface area contributed by atoms with Crippen molar-refractivity contribution in [3.8, 4) is 11.5 Å². The van der Waals surface area contributed by atoms with Gasteiger partial charge in [0.1, 0.15) is 6.61 Å². The number of nitrogens with one attached hydrogen (secondary N) is 2. The van der Waals surface area contributed by atoms with Crippen LogP contribution in [0.1, 0.15) is 18.1 Å². The smallest absolute Gasteiger partial charge is 0.329 e. The summed E-state index contributed by atoms with van der Waals surface area (Å²) in [6.45, 7) is 2.24. The predicted octanol–water partition coefficient (Wildman–Crippen LogP) is 3.17. The topological polar surface area (TPSA) is 89.0 Å². The van der Waals surface area contributed by atoms with E-state index >= 15 is 0 Å². The first-order valence-corrected chi connectivity index (χ1v) is 9.06. The highest BCUT2D eigenvalue weighted by Gasteiger charge is 2.11. The number of carbonyl (C=O) groups is 2. The third-order valence-corrected chi connectivity index (χ3v) is 4.25. The molecule has 2 amide bonds. The van der Waals surface area contributed by atoms with Crippen LogP contribution in [0.2, 0.25) is 10.0 Å². The molecule has 2 aromatic rings. The molecule has 0 aliphatic carbocycles. The van der Waals surface area contributed by atoms with Crippen LogP contribution in [0.4, 0.5) is 0 Å². The molecule has 0 saturated heterocycles. The van der Waals surface area contributed by atoms with Crippen molar-refractivity contribution in [3.05, 3.63) is 57.6 Å². The number of ether oxygens (including phenoxy) is 2. The summed E-state index contributed by atoms with van der Waals surface area (Å²) in [7, 11) is 1.50. The minimum atomic E-state index is -0.846. The normalized spacial score (nSPS) is 10.6. The fraction of sp³-hybridized carbons (Fsp3) is 0.211. The number of likely N-dealkylation sites (N-methyl/N-ethyl adjacent to an activating group) is 1. The van der Waals surface area contributed by atoms with Gasteiger partial charge in [0.15, 0.2) is 11.5 Å². The number of halogens is 2. The van der Waals surface area contributed by atoms with Crippen LogP contribution in [0, 0.1) is 0 Å². The van der Waals surface area contributed by atoms with Crippen LogP contribution in [0.25, 0.3) is 0 Å². The molecule has 0 bridgehead atoms. The summed E-state index contributed by atoms with van der Waals surface area (Å²) in [4.78, 5) is 22.8. The second-order valence-electron chi connectivity index (χ2n) is 5.46. The quantitative estimate of drug-likeness (QED) is 0.406. The Kier molecular flexibility index (Phi) is 8.10. The SMILES string of the molecule is CCNC(=O)C(=O)N/N=C\c1ccc(OCc2c(Cl)cccc2Cl)c(OC)c1. The number of amides is 2. The van der Waals surface area contributed by atoms with Crippen molar-refractivity contribution in [2.75, 3.05) is 13.7 Å². The number of hydrogen-bond acceptors (Lipinski definition) is 5. The second kappa shape index (κ2) is 10.5. The van der Waals surface area contributed by atoms with E-state index in [2.05, 4.69) is 15.8 Å². The largest absolute Gasteiger partial charge is 0.493 e. The molecule has 7 nitrogen and oxygen atoms in total. The summed E-state index contributed by atoms with van der Waals surface area (Å²) < 4.78 is 11.1. The number of nitrogens with zero attached hydrogens (tertiary/aromatic N) is 1. The minimum Gasteiger partial charge on any atom is -0.493 e. The van der Waals surface area contributed by atoms with E-state index in [-0.39, 0.29) is 6.61 Å². The second-order valence-corrected chi connectivity index (χ2v) is 6.27. The number of hydrazone groups is 1. The maximum absolute atomic E-state index is 11.5. The molecule has 0 heterocycles. The van der Waals surface area contributed by atoms with Crippen LogP contribution in [0.15, 0.2) is 41.5 Å². The maximum atomic E-state index is 11.5. The first kappa shape index (κ1) is 21.5. The van der Waals surface area contributed by atoms with Gasteiger partial charge in [-0.25, -0.2) is 5.43 Å². The number of rotatable bonds is 7. The van der Waals surface area contributed by atoms with Crippen molar-refractivity contribution in [2.45, 2.75) is 13.5 Å². The van der Waals surface area contributed by atoms with Gasteiger partial charge in [0.05, 0.1) is 13.3 Å². The molecule has 148 valence electrons. The highest BCUT2D eigenvalue weighted by molar-refractivity contribution is 6.36. The van der Waals surface area contributed by atoms with Gasteiger partial charge >= 0.3 is 11.8 Å². The third-order valence-electron chi connectivity index (χ3n) is 3.54. The van der Waals surface area contributed by atoms with Gasteiger partial charge in [-0.05, 0) is 42.8 Å². The Morgan fingerprint density at radius 2 is 1.82 bits per heavy atom. The Morgan fingerprint density at radius 1 is 1.11 bits per heavy atom. The predicted molar refractivity (Wildman–Crippen MR) is 108 cm³/mol. The summed E-state index contributed by atoms with van der Waals surface area (Å²) in [5, 5.41) is 7.15. The first-order valence-electron chi connectivity index (χ1n) is 8.31. The highest BCUT2D eigenvalue weighted by atomic mass is 35.5. The van der Waals surface area contributed by atoms with Crippen LogP contribution >= 0.6 is 23.2 Å². The van der Waals surface area contributed by atoms with Gasteiger partial charge in [-0.1, -0.05) is 29.3 Å². The highest BCUT2D eigenvalue weighted by Crippen LogP contribution is 2.31. The van der Waals surface area contributed by atoms with E-state index < -0.39 is 11.8 Å². The van der Waals surface area contributed by atoms with Crippen LogP contribution in [-0.4, -0.2) is 31.7 Å². The van der Waals surface area contributed by atoms with Crippen LogP contribution in [0.3, 0.4) is 0 Å². The van der Waals surface area contributed by atoms with Gasteiger partial charge in [0.2, 0.25) is 0 Å². The lowest BCUT2D eigenvalue weighted by molar-refractivity contribution is -0.139. The Morgan fingerprint density at radius 3 is 2.46 bits per heavy atom. The van der Waals surface area contributed by atoms with Gasteiger partial charge < -0.3 is 14.8 Å². The van der Waals surface area contributed by atoms with Crippen LogP contribution < -0.4 is 20.2 Å². The Labute approximate surface area is 172 Å².